The molecule has 0 amide bonds. The molecule has 0 nitrogen and oxygen atoms in total. The summed E-state index contributed by atoms with van der Waals surface area (Å²) in [5.74, 6) is 4.02. The molecule has 1 aromatic rings. The Bertz CT molecular complexity index is 474. The van der Waals surface area contributed by atoms with Crippen LogP contribution in [0.4, 0.5) is 0 Å². The van der Waals surface area contributed by atoms with Crippen molar-refractivity contribution in [3.8, 4) is 0 Å². The fraction of sp³-hybridized carbons (Fsp3) is 0.778. The van der Waals surface area contributed by atoms with Gasteiger partial charge in [0.1, 0.15) is 0 Å². The van der Waals surface area contributed by atoms with E-state index < -0.39 is 0 Å². The first kappa shape index (κ1) is 20.9. The van der Waals surface area contributed by atoms with Crippen LogP contribution in [0.15, 0.2) is 30.3 Å². The van der Waals surface area contributed by atoms with Gasteiger partial charge in [-0.05, 0) is 67.8 Å². The van der Waals surface area contributed by atoms with E-state index in [2.05, 4.69) is 37.3 Å². The fourth-order valence-corrected chi connectivity index (χ4v) is 5.99. The van der Waals surface area contributed by atoms with Gasteiger partial charge in [0.25, 0.3) is 0 Å². The lowest BCUT2D eigenvalue weighted by atomic mass is 9.68. The lowest BCUT2D eigenvalue weighted by Gasteiger charge is -2.38. The van der Waals surface area contributed by atoms with Gasteiger partial charge >= 0.3 is 0 Å². The molecule has 0 unspecified atom stereocenters. The number of hydrogen-bond acceptors (Lipinski definition) is 0. The van der Waals surface area contributed by atoms with Gasteiger partial charge in [-0.25, -0.2) is 0 Å². The third-order valence-corrected chi connectivity index (χ3v) is 7.82. The Morgan fingerprint density at radius 3 is 1.81 bits per heavy atom. The highest BCUT2D eigenvalue weighted by atomic mass is 14.4. The van der Waals surface area contributed by atoms with Gasteiger partial charge in [-0.3, -0.25) is 0 Å². The molecular weight excluding hydrogens is 324 g/mol. The molecule has 2 saturated carbocycles. The minimum absolute atomic E-state index is 0.844. The smallest absolute Gasteiger partial charge is 0.0162 e. The Hall–Kier alpha value is -0.780. The maximum Gasteiger partial charge on any atom is -0.0162 e. The maximum absolute atomic E-state index is 2.35. The molecule has 0 spiro atoms. The van der Waals surface area contributed by atoms with Crippen LogP contribution in [0, 0.1) is 17.8 Å². The maximum atomic E-state index is 2.35. The van der Waals surface area contributed by atoms with Crippen molar-refractivity contribution in [2.45, 2.75) is 116 Å². The van der Waals surface area contributed by atoms with Crippen LogP contribution in [-0.4, -0.2) is 0 Å². The second kappa shape index (κ2) is 11.9. The largest absolute Gasteiger partial charge is 0.0654 e. The first-order chi connectivity index (χ1) is 13.4. The number of rotatable bonds is 10. The molecule has 0 heterocycles. The van der Waals surface area contributed by atoms with Crippen molar-refractivity contribution in [2.75, 3.05) is 0 Å². The van der Waals surface area contributed by atoms with Crippen molar-refractivity contribution in [1.29, 1.82) is 0 Å². The summed E-state index contributed by atoms with van der Waals surface area (Å²) in [6.45, 7) is 2.31. The molecule has 1 aromatic carbocycles. The average Bonchev–Trinajstić information content (AvgIpc) is 2.74. The molecule has 0 bridgehead atoms. The highest BCUT2D eigenvalue weighted by Gasteiger charge is 2.31. The molecule has 0 N–H and O–H groups in total. The van der Waals surface area contributed by atoms with E-state index in [1.165, 1.54) is 77.0 Å². The van der Waals surface area contributed by atoms with Gasteiger partial charge in [0.2, 0.25) is 0 Å². The molecule has 0 aromatic heterocycles. The van der Waals surface area contributed by atoms with Crippen molar-refractivity contribution in [3.63, 3.8) is 0 Å². The van der Waals surface area contributed by atoms with E-state index in [0.717, 1.165) is 23.7 Å². The molecule has 0 heteroatoms. The Balaban J connectivity index is 1.27. The zero-order chi connectivity index (χ0) is 18.7. The van der Waals surface area contributed by atoms with Gasteiger partial charge in [0, 0.05) is 0 Å². The van der Waals surface area contributed by atoms with E-state index in [4.69, 9.17) is 0 Å². The van der Waals surface area contributed by atoms with Crippen molar-refractivity contribution in [1.82, 2.24) is 0 Å². The van der Waals surface area contributed by atoms with Crippen LogP contribution >= 0.6 is 0 Å². The molecule has 27 heavy (non-hydrogen) atoms. The second-order valence-corrected chi connectivity index (χ2v) is 9.71. The SMILES string of the molecule is CCCCCCCCC[C@H]1CC[C@H]([C@H]2CC[C@H](c3ccccc3)CC2)CC1. The Morgan fingerprint density at radius 2 is 1.19 bits per heavy atom. The molecule has 0 atom stereocenters. The van der Waals surface area contributed by atoms with E-state index in [0.29, 0.717) is 0 Å². The van der Waals surface area contributed by atoms with Gasteiger partial charge in [0.05, 0.1) is 0 Å². The fourth-order valence-electron chi connectivity index (χ4n) is 5.99. The summed E-state index contributed by atoms with van der Waals surface area (Å²) in [5.41, 5.74) is 1.59. The topological polar surface area (TPSA) is 0 Å². The summed E-state index contributed by atoms with van der Waals surface area (Å²) in [4.78, 5) is 0. The zero-order valence-corrected chi connectivity index (χ0v) is 18.0. The third kappa shape index (κ3) is 6.95. The van der Waals surface area contributed by atoms with Crippen molar-refractivity contribution in [2.24, 2.45) is 17.8 Å². The second-order valence-electron chi connectivity index (χ2n) is 9.71. The van der Waals surface area contributed by atoms with Crippen LogP contribution in [0.1, 0.15) is 121 Å². The minimum atomic E-state index is 0.844. The van der Waals surface area contributed by atoms with Gasteiger partial charge < -0.3 is 0 Å². The van der Waals surface area contributed by atoms with E-state index in [1.54, 1.807) is 31.2 Å². The van der Waals surface area contributed by atoms with Crippen LogP contribution in [0.5, 0.6) is 0 Å². The van der Waals surface area contributed by atoms with Crippen LogP contribution in [0.2, 0.25) is 0 Å². The summed E-state index contributed by atoms with van der Waals surface area (Å²) < 4.78 is 0. The van der Waals surface area contributed by atoms with E-state index in [-0.39, 0.29) is 0 Å². The van der Waals surface area contributed by atoms with Crippen LogP contribution < -0.4 is 0 Å². The van der Waals surface area contributed by atoms with E-state index in [1.807, 2.05) is 0 Å². The molecule has 2 aliphatic carbocycles. The highest BCUT2D eigenvalue weighted by molar-refractivity contribution is 5.19. The summed E-state index contributed by atoms with van der Waals surface area (Å²) in [7, 11) is 0. The van der Waals surface area contributed by atoms with Crippen molar-refractivity contribution < 1.29 is 0 Å². The molecule has 0 radical (unpaired) electrons. The predicted molar refractivity (Wildman–Crippen MR) is 119 cm³/mol. The summed E-state index contributed by atoms with van der Waals surface area (Å²) >= 11 is 0. The Kier molecular flexibility index (Phi) is 9.25. The molecular formula is C27H44. The normalized spacial score (nSPS) is 28.9. The van der Waals surface area contributed by atoms with Gasteiger partial charge in [-0.15, -0.1) is 0 Å². The first-order valence-electron chi connectivity index (χ1n) is 12.4. The van der Waals surface area contributed by atoms with Crippen LogP contribution in [0.3, 0.4) is 0 Å². The Labute approximate surface area is 169 Å². The van der Waals surface area contributed by atoms with Gasteiger partial charge in [-0.2, -0.15) is 0 Å². The highest BCUT2D eigenvalue weighted by Crippen LogP contribution is 2.44. The zero-order valence-electron chi connectivity index (χ0n) is 18.0. The molecule has 2 aliphatic rings. The van der Waals surface area contributed by atoms with E-state index >= 15 is 0 Å². The summed E-state index contributed by atoms with van der Waals surface area (Å²) in [6.07, 6.45) is 23.8. The van der Waals surface area contributed by atoms with Crippen LogP contribution in [0.25, 0.3) is 0 Å². The predicted octanol–water partition coefficient (Wildman–Crippen LogP) is 8.91. The Morgan fingerprint density at radius 1 is 0.630 bits per heavy atom. The van der Waals surface area contributed by atoms with Crippen molar-refractivity contribution >= 4 is 0 Å². The van der Waals surface area contributed by atoms with E-state index in [9.17, 15) is 0 Å². The summed E-state index contributed by atoms with van der Waals surface area (Å²) in [5, 5.41) is 0. The van der Waals surface area contributed by atoms with Crippen LogP contribution in [-0.2, 0) is 0 Å². The number of benzene rings is 1. The number of unbranched alkanes of at least 4 members (excludes halogenated alkanes) is 6. The standard InChI is InChI=1S/C27H44/c1-2-3-4-5-6-7-9-12-23-15-17-25(18-16-23)27-21-19-26(20-22-27)24-13-10-8-11-14-24/h8,10-11,13-14,23,25-27H,2-7,9,12,15-22H2,1H3/t23-,25-,26-,27-. The quantitative estimate of drug-likeness (QED) is 0.362. The monoisotopic (exact) mass is 368 g/mol. The minimum Gasteiger partial charge on any atom is -0.0654 e. The molecule has 0 aliphatic heterocycles. The molecule has 152 valence electrons. The lowest BCUT2D eigenvalue weighted by Crippen LogP contribution is -2.25. The molecule has 0 saturated heterocycles. The summed E-state index contributed by atoms with van der Waals surface area (Å²) in [6, 6.07) is 11.3. The van der Waals surface area contributed by atoms with Gasteiger partial charge in [0.15, 0.2) is 0 Å². The molecule has 3 rings (SSSR count). The average molecular weight is 369 g/mol. The first-order valence-corrected chi connectivity index (χ1v) is 12.4. The van der Waals surface area contributed by atoms with Gasteiger partial charge in [-0.1, -0.05) is 101 Å². The number of hydrogen-bond donors (Lipinski definition) is 0. The molecule has 2 fully saturated rings. The van der Waals surface area contributed by atoms with Crippen molar-refractivity contribution in [3.05, 3.63) is 35.9 Å². The lowest BCUT2D eigenvalue weighted by molar-refractivity contribution is 0.155. The third-order valence-electron chi connectivity index (χ3n) is 7.82.